The molecule has 1 saturated heterocycles. The van der Waals surface area contributed by atoms with Crippen LogP contribution in [0.1, 0.15) is 5.56 Å². The second kappa shape index (κ2) is 6.96. The Kier molecular flexibility index (Phi) is 4.74. The van der Waals surface area contributed by atoms with Gasteiger partial charge in [0.2, 0.25) is 11.8 Å². The number of halogens is 3. The predicted molar refractivity (Wildman–Crippen MR) is 85.1 cm³/mol. The third kappa shape index (κ3) is 3.65. The van der Waals surface area contributed by atoms with Crippen LogP contribution >= 0.6 is 0 Å². The molecule has 7 heteroatoms. The van der Waals surface area contributed by atoms with E-state index in [1.165, 1.54) is 24.3 Å². The summed E-state index contributed by atoms with van der Waals surface area (Å²) in [6.45, 7) is 0.278. The van der Waals surface area contributed by atoms with Crippen molar-refractivity contribution in [3.05, 3.63) is 65.5 Å². The van der Waals surface area contributed by atoms with E-state index >= 15 is 0 Å². The first-order valence-corrected chi connectivity index (χ1v) is 7.72. The molecule has 4 nitrogen and oxygen atoms in total. The third-order valence-electron chi connectivity index (χ3n) is 4.20. The molecule has 1 aliphatic rings. The van der Waals surface area contributed by atoms with Gasteiger partial charge in [0.1, 0.15) is 11.7 Å². The summed E-state index contributed by atoms with van der Waals surface area (Å²) in [4.78, 5) is 24.4. The van der Waals surface area contributed by atoms with Crippen molar-refractivity contribution in [2.45, 2.75) is 6.42 Å². The van der Waals surface area contributed by atoms with Crippen LogP contribution < -0.4 is 10.6 Å². The van der Waals surface area contributed by atoms with Gasteiger partial charge in [-0.05, 0) is 36.2 Å². The van der Waals surface area contributed by atoms with E-state index in [-0.39, 0.29) is 24.0 Å². The fourth-order valence-electron chi connectivity index (χ4n) is 2.93. The minimum Gasteiger partial charge on any atom is -0.355 e. The van der Waals surface area contributed by atoms with Crippen LogP contribution in [-0.2, 0) is 16.0 Å². The van der Waals surface area contributed by atoms with Gasteiger partial charge in [-0.2, -0.15) is 0 Å². The molecule has 2 aromatic rings. The Balaban J connectivity index is 1.75. The van der Waals surface area contributed by atoms with E-state index in [0.29, 0.717) is 6.42 Å². The molecule has 0 spiro atoms. The Labute approximate surface area is 142 Å². The highest BCUT2D eigenvalue weighted by Crippen LogP contribution is 2.25. The van der Waals surface area contributed by atoms with Crippen molar-refractivity contribution in [2.24, 2.45) is 11.8 Å². The molecule has 3 rings (SSSR count). The molecule has 0 aromatic heterocycles. The van der Waals surface area contributed by atoms with E-state index in [0.717, 1.165) is 11.6 Å². The lowest BCUT2D eigenvalue weighted by atomic mass is 9.88. The highest BCUT2D eigenvalue weighted by molar-refractivity contribution is 6.07. The predicted octanol–water partition coefficient (Wildman–Crippen LogP) is 2.65. The number of nitrogens with one attached hydrogen (secondary N) is 2. The lowest BCUT2D eigenvalue weighted by Crippen LogP contribution is -2.33. The van der Waals surface area contributed by atoms with Gasteiger partial charge in [-0.3, -0.25) is 9.59 Å². The van der Waals surface area contributed by atoms with Gasteiger partial charge in [-0.25, -0.2) is 13.2 Å². The van der Waals surface area contributed by atoms with Crippen molar-refractivity contribution in [1.29, 1.82) is 0 Å². The number of benzene rings is 2. The quantitative estimate of drug-likeness (QED) is 0.835. The summed E-state index contributed by atoms with van der Waals surface area (Å²) in [5.41, 5.74) is 0.461. The Hall–Kier alpha value is -2.83. The number of rotatable bonds is 4. The Morgan fingerprint density at radius 1 is 1.12 bits per heavy atom. The Bertz CT molecular complexity index is 808. The van der Waals surface area contributed by atoms with Crippen LogP contribution in [0, 0.1) is 29.3 Å². The fraction of sp³-hybridized carbons (Fsp3) is 0.222. The van der Waals surface area contributed by atoms with Crippen LogP contribution in [0.5, 0.6) is 0 Å². The fourth-order valence-corrected chi connectivity index (χ4v) is 2.93. The average Bonchev–Trinajstić information content (AvgIpc) is 2.94. The summed E-state index contributed by atoms with van der Waals surface area (Å²) >= 11 is 0. The van der Waals surface area contributed by atoms with Crippen molar-refractivity contribution in [2.75, 3.05) is 11.9 Å². The van der Waals surface area contributed by atoms with E-state index in [4.69, 9.17) is 0 Å². The second-order valence-corrected chi connectivity index (χ2v) is 5.90. The molecule has 0 saturated carbocycles. The largest absolute Gasteiger partial charge is 0.355 e. The minimum absolute atomic E-state index is 0.278. The van der Waals surface area contributed by atoms with Crippen LogP contribution in [0.3, 0.4) is 0 Å². The molecular weight excluding hydrogens is 333 g/mol. The molecule has 2 aromatic carbocycles. The number of hydrogen-bond donors (Lipinski definition) is 2. The molecule has 1 fully saturated rings. The van der Waals surface area contributed by atoms with Crippen molar-refractivity contribution >= 4 is 17.5 Å². The third-order valence-corrected chi connectivity index (χ3v) is 4.20. The molecule has 1 aliphatic heterocycles. The van der Waals surface area contributed by atoms with Crippen LogP contribution in [0.4, 0.5) is 18.9 Å². The smallest absolute Gasteiger partial charge is 0.237 e. The zero-order valence-corrected chi connectivity index (χ0v) is 13.1. The monoisotopic (exact) mass is 348 g/mol. The van der Waals surface area contributed by atoms with Gasteiger partial charge in [0.05, 0.1) is 5.69 Å². The number of carbonyl (C=O) groups excluding carboxylic acids is 2. The van der Waals surface area contributed by atoms with E-state index in [9.17, 15) is 22.8 Å². The molecule has 2 amide bonds. The first-order valence-electron chi connectivity index (χ1n) is 7.72. The summed E-state index contributed by atoms with van der Waals surface area (Å²) in [5.74, 6) is -5.21. The van der Waals surface area contributed by atoms with E-state index < -0.39 is 29.4 Å². The number of carbonyl (C=O) groups is 2. The normalized spacial score (nSPS) is 19.6. The topological polar surface area (TPSA) is 58.2 Å². The van der Waals surface area contributed by atoms with Crippen molar-refractivity contribution in [1.82, 2.24) is 5.32 Å². The van der Waals surface area contributed by atoms with E-state index in [1.54, 1.807) is 12.1 Å². The highest BCUT2D eigenvalue weighted by atomic mass is 19.2. The Morgan fingerprint density at radius 2 is 1.84 bits per heavy atom. The molecule has 130 valence electrons. The number of hydrogen-bond acceptors (Lipinski definition) is 2. The SMILES string of the molecule is O=C1NCC(Cc2ccc(F)cc2)C1C(=O)Nc1cccc(F)c1F. The van der Waals surface area contributed by atoms with Crippen molar-refractivity contribution < 1.29 is 22.8 Å². The van der Waals surface area contributed by atoms with Crippen molar-refractivity contribution in [3.63, 3.8) is 0 Å². The summed E-state index contributed by atoms with van der Waals surface area (Å²) in [7, 11) is 0. The van der Waals surface area contributed by atoms with Crippen LogP contribution in [0.2, 0.25) is 0 Å². The van der Waals surface area contributed by atoms with Gasteiger partial charge in [0.15, 0.2) is 11.6 Å². The maximum Gasteiger partial charge on any atom is 0.237 e. The van der Waals surface area contributed by atoms with Gasteiger partial charge in [-0.1, -0.05) is 18.2 Å². The average molecular weight is 348 g/mol. The molecule has 2 unspecified atom stereocenters. The highest BCUT2D eigenvalue weighted by Gasteiger charge is 2.40. The second-order valence-electron chi connectivity index (χ2n) is 5.90. The first kappa shape index (κ1) is 17.0. The maximum atomic E-state index is 13.7. The molecule has 0 aliphatic carbocycles. The van der Waals surface area contributed by atoms with Crippen LogP contribution in [0.25, 0.3) is 0 Å². The molecular formula is C18H15F3N2O2. The van der Waals surface area contributed by atoms with Crippen molar-refractivity contribution in [3.8, 4) is 0 Å². The molecule has 2 atom stereocenters. The van der Waals surface area contributed by atoms with Crippen LogP contribution in [0.15, 0.2) is 42.5 Å². The zero-order valence-electron chi connectivity index (χ0n) is 13.1. The van der Waals surface area contributed by atoms with E-state index in [2.05, 4.69) is 10.6 Å². The number of anilines is 1. The lowest BCUT2D eigenvalue weighted by molar-refractivity contribution is -0.131. The number of amides is 2. The van der Waals surface area contributed by atoms with Gasteiger partial charge in [-0.15, -0.1) is 0 Å². The molecule has 0 bridgehead atoms. The summed E-state index contributed by atoms with van der Waals surface area (Å²) in [6, 6.07) is 9.19. The van der Waals surface area contributed by atoms with Gasteiger partial charge in [0.25, 0.3) is 0 Å². The van der Waals surface area contributed by atoms with Gasteiger partial charge < -0.3 is 10.6 Å². The minimum atomic E-state index is -1.18. The zero-order chi connectivity index (χ0) is 18.0. The summed E-state index contributed by atoms with van der Waals surface area (Å²) in [6.07, 6.45) is 0.378. The lowest BCUT2D eigenvalue weighted by Gasteiger charge is -2.17. The molecule has 2 N–H and O–H groups in total. The van der Waals surface area contributed by atoms with Crippen LogP contribution in [-0.4, -0.2) is 18.4 Å². The molecule has 1 heterocycles. The molecule has 0 radical (unpaired) electrons. The van der Waals surface area contributed by atoms with E-state index in [1.807, 2.05) is 0 Å². The van der Waals surface area contributed by atoms with Gasteiger partial charge in [0, 0.05) is 12.5 Å². The Morgan fingerprint density at radius 3 is 2.56 bits per heavy atom. The van der Waals surface area contributed by atoms with Gasteiger partial charge >= 0.3 is 0 Å². The molecule has 25 heavy (non-hydrogen) atoms. The first-order chi connectivity index (χ1) is 12.0. The maximum absolute atomic E-state index is 13.7. The summed E-state index contributed by atoms with van der Waals surface area (Å²) < 4.78 is 39.9. The standard InChI is InChI=1S/C18H15F3N2O2/c19-12-6-4-10(5-7-12)8-11-9-22-17(24)15(11)18(25)23-14-3-1-2-13(20)16(14)21/h1-7,11,15H,8-9H2,(H,22,24)(H,23,25). The summed E-state index contributed by atoms with van der Waals surface area (Å²) in [5, 5.41) is 4.88.